The van der Waals surface area contributed by atoms with Gasteiger partial charge in [-0.15, -0.1) is 11.3 Å². The van der Waals surface area contributed by atoms with Gasteiger partial charge in [0.05, 0.1) is 12.1 Å². The molecule has 22 heavy (non-hydrogen) atoms. The summed E-state index contributed by atoms with van der Waals surface area (Å²) in [5.74, 6) is 0. The maximum atomic E-state index is 12.1. The second-order valence-corrected chi connectivity index (χ2v) is 6.34. The summed E-state index contributed by atoms with van der Waals surface area (Å²) in [6.07, 6.45) is 3.48. The minimum absolute atomic E-state index is 0.0757. The molecule has 2 aromatic rings. The summed E-state index contributed by atoms with van der Waals surface area (Å²) in [7, 11) is 4.03. The Bertz CT molecular complexity index is 571. The zero-order valence-corrected chi connectivity index (χ0v) is 13.9. The number of rotatable bonds is 6. The molecule has 0 saturated heterocycles. The number of amides is 2. The van der Waals surface area contributed by atoms with Crippen molar-refractivity contribution in [3.8, 4) is 0 Å². The summed E-state index contributed by atoms with van der Waals surface area (Å²) in [4.78, 5) is 19.5. The number of likely N-dealkylation sites (N-methyl/N-ethyl adjacent to an activating group) is 1. The molecule has 0 radical (unpaired) electrons. The first-order chi connectivity index (χ1) is 10.6. The first-order valence-electron chi connectivity index (χ1n) is 7.22. The lowest BCUT2D eigenvalue weighted by atomic mass is 10.1. The number of aromatic nitrogens is 1. The lowest BCUT2D eigenvalue weighted by Crippen LogP contribution is -2.41. The fourth-order valence-corrected chi connectivity index (χ4v) is 3.09. The van der Waals surface area contributed by atoms with Crippen molar-refractivity contribution >= 4 is 17.4 Å². The van der Waals surface area contributed by atoms with Crippen LogP contribution in [0.2, 0.25) is 0 Å². The number of nitrogens with one attached hydrogen (secondary N) is 2. The van der Waals surface area contributed by atoms with Gasteiger partial charge in [-0.05, 0) is 44.1 Å². The Morgan fingerprint density at radius 3 is 2.77 bits per heavy atom. The Hall–Kier alpha value is -1.92. The molecule has 0 bridgehead atoms. The van der Waals surface area contributed by atoms with Crippen LogP contribution in [0.4, 0.5) is 4.79 Å². The molecule has 2 atom stereocenters. The fourth-order valence-electron chi connectivity index (χ4n) is 2.17. The molecule has 0 aliphatic heterocycles. The van der Waals surface area contributed by atoms with Crippen molar-refractivity contribution in [1.29, 1.82) is 0 Å². The first kappa shape index (κ1) is 16.5. The van der Waals surface area contributed by atoms with Crippen molar-refractivity contribution < 1.29 is 4.79 Å². The summed E-state index contributed by atoms with van der Waals surface area (Å²) in [6.45, 7) is 2.51. The van der Waals surface area contributed by atoms with Crippen LogP contribution >= 0.6 is 11.3 Å². The van der Waals surface area contributed by atoms with Crippen LogP contribution in [-0.4, -0.2) is 36.6 Å². The van der Waals surface area contributed by atoms with Crippen LogP contribution in [0, 0.1) is 0 Å². The van der Waals surface area contributed by atoms with Crippen LogP contribution in [0.25, 0.3) is 0 Å². The number of nitrogens with zero attached hydrogens (tertiary/aromatic N) is 2. The van der Waals surface area contributed by atoms with Crippen molar-refractivity contribution in [2.45, 2.75) is 19.0 Å². The summed E-state index contributed by atoms with van der Waals surface area (Å²) in [5, 5.41) is 7.93. The summed E-state index contributed by atoms with van der Waals surface area (Å²) in [6, 6.07) is 7.87. The number of hydrogen-bond donors (Lipinski definition) is 2. The molecule has 0 fully saturated rings. The van der Waals surface area contributed by atoms with Gasteiger partial charge in [0, 0.05) is 23.8 Å². The van der Waals surface area contributed by atoms with Gasteiger partial charge in [0.1, 0.15) is 0 Å². The standard InChI is InChI=1S/C16H22N4OS/c1-12(13-6-4-8-17-10-13)19-16(21)18-11-14(20(2)3)15-7-5-9-22-15/h4-10,12,14H,11H2,1-3H3,(H2,18,19,21)/t12-,14+/m1/s1. The van der Waals surface area contributed by atoms with Gasteiger partial charge in [-0.25, -0.2) is 4.79 Å². The third-order valence-electron chi connectivity index (χ3n) is 3.48. The van der Waals surface area contributed by atoms with Gasteiger partial charge in [-0.1, -0.05) is 12.1 Å². The van der Waals surface area contributed by atoms with Gasteiger partial charge in [-0.2, -0.15) is 0 Å². The van der Waals surface area contributed by atoms with Gasteiger partial charge in [0.15, 0.2) is 0 Å². The molecule has 6 heteroatoms. The highest BCUT2D eigenvalue weighted by Crippen LogP contribution is 2.22. The molecule has 0 aliphatic carbocycles. The van der Waals surface area contributed by atoms with E-state index in [4.69, 9.17) is 0 Å². The molecule has 2 aromatic heterocycles. The fraction of sp³-hybridized carbons (Fsp3) is 0.375. The second kappa shape index (κ2) is 7.91. The molecule has 0 aliphatic rings. The van der Waals surface area contributed by atoms with Crippen molar-refractivity contribution in [3.05, 3.63) is 52.5 Å². The van der Waals surface area contributed by atoms with Crippen LogP contribution in [-0.2, 0) is 0 Å². The van der Waals surface area contributed by atoms with Gasteiger partial charge in [0.25, 0.3) is 0 Å². The molecule has 118 valence electrons. The third kappa shape index (κ3) is 4.54. The predicted molar refractivity (Wildman–Crippen MR) is 89.9 cm³/mol. The predicted octanol–water partition coefficient (Wildman–Crippen LogP) is 2.81. The monoisotopic (exact) mass is 318 g/mol. The van der Waals surface area contributed by atoms with E-state index in [1.54, 1.807) is 23.7 Å². The molecule has 0 spiro atoms. The van der Waals surface area contributed by atoms with Gasteiger partial charge < -0.3 is 15.5 Å². The maximum absolute atomic E-state index is 12.1. The highest BCUT2D eigenvalue weighted by molar-refractivity contribution is 7.10. The van der Waals surface area contributed by atoms with Crippen molar-refractivity contribution in [1.82, 2.24) is 20.5 Å². The van der Waals surface area contributed by atoms with E-state index < -0.39 is 0 Å². The van der Waals surface area contributed by atoms with Gasteiger partial charge in [-0.3, -0.25) is 4.98 Å². The van der Waals surface area contributed by atoms with E-state index in [1.165, 1.54) is 4.88 Å². The molecule has 2 amide bonds. The second-order valence-electron chi connectivity index (χ2n) is 5.36. The van der Waals surface area contributed by atoms with Gasteiger partial charge >= 0.3 is 6.03 Å². The average molecular weight is 318 g/mol. The van der Waals surface area contributed by atoms with E-state index in [0.29, 0.717) is 6.54 Å². The van der Waals surface area contributed by atoms with Crippen LogP contribution < -0.4 is 10.6 Å². The minimum Gasteiger partial charge on any atom is -0.336 e. The number of carbonyl (C=O) groups excluding carboxylic acids is 1. The van der Waals surface area contributed by atoms with Crippen molar-refractivity contribution in [2.24, 2.45) is 0 Å². The summed E-state index contributed by atoms with van der Waals surface area (Å²) < 4.78 is 0. The summed E-state index contributed by atoms with van der Waals surface area (Å²) >= 11 is 1.70. The van der Waals surface area contributed by atoms with E-state index in [9.17, 15) is 4.79 Å². The Kier molecular flexibility index (Phi) is 5.91. The highest BCUT2D eigenvalue weighted by atomic mass is 32.1. The highest BCUT2D eigenvalue weighted by Gasteiger charge is 2.17. The number of hydrogen-bond acceptors (Lipinski definition) is 4. The molecular weight excluding hydrogens is 296 g/mol. The molecule has 0 saturated carbocycles. The zero-order chi connectivity index (χ0) is 15.9. The van der Waals surface area contributed by atoms with E-state index in [-0.39, 0.29) is 18.1 Å². The van der Waals surface area contributed by atoms with Crippen LogP contribution in [0.5, 0.6) is 0 Å². The Labute approximate surface area is 135 Å². The number of pyridine rings is 1. The van der Waals surface area contributed by atoms with E-state index in [1.807, 2.05) is 39.2 Å². The molecular formula is C16H22N4OS. The molecule has 2 N–H and O–H groups in total. The normalized spacial score (nSPS) is 13.6. The lowest BCUT2D eigenvalue weighted by Gasteiger charge is -2.24. The minimum atomic E-state index is -0.167. The lowest BCUT2D eigenvalue weighted by molar-refractivity contribution is 0.230. The maximum Gasteiger partial charge on any atom is 0.315 e. The van der Waals surface area contributed by atoms with E-state index in [0.717, 1.165) is 5.56 Å². The SMILES string of the molecule is C[C@@H](NC(=O)NC[C@@H](c1cccs1)N(C)C)c1cccnc1. The average Bonchev–Trinajstić information content (AvgIpc) is 3.02. The molecule has 5 nitrogen and oxygen atoms in total. The molecule has 0 aromatic carbocycles. The number of carbonyl (C=O) groups is 1. The third-order valence-corrected chi connectivity index (χ3v) is 4.46. The Morgan fingerprint density at radius 1 is 1.36 bits per heavy atom. The Morgan fingerprint density at radius 2 is 2.18 bits per heavy atom. The van der Waals surface area contributed by atoms with Crippen molar-refractivity contribution in [2.75, 3.05) is 20.6 Å². The number of urea groups is 1. The smallest absolute Gasteiger partial charge is 0.315 e. The van der Waals surface area contributed by atoms with E-state index in [2.05, 4.69) is 32.0 Å². The topological polar surface area (TPSA) is 57.3 Å². The largest absolute Gasteiger partial charge is 0.336 e. The molecule has 0 unspecified atom stereocenters. The zero-order valence-electron chi connectivity index (χ0n) is 13.1. The first-order valence-corrected chi connectivity index (χ1v) is 8.10. The van der Waals surface area contributed by atoms with Crippen LogP contribution in [0.1, 0.15) is 29.4 Å². The van der Waals surface area contributed by atoms with Crippen molar-refractivity contribution in [3.63, 3.8) is 0 Å². The molecule has 2 heterocycles. The molecule has 2 rings (SSSR count). The summed E-state index contributed by atoms with van der Waals surface area (Å²) in [5.41, 5.74) is 0.986. The Balaban J connectivity index is 1.86. The number of thiophene rings is 1. The van der Waals surface area contributed by atoms with E-state index >= 15 is 0 Å². The van der Waals surface area contributed by atoms with Crippen LogP contribution in [0.3, 0.4) is 0 Å². The van der Waals surface area contributed by atoms with Crippen LogP contribution in [0.15, 0.2) is 42.0 Å². The van der Waals surface area contributed by atoms with Gasteiger partial charge in [0.2, 0.25) is 0 Å². The quantitative estimate of drug-likeness (QED) is 0.861.